The van der Waals surface area contributed by atoms with Crippen LogP contribution in [0.3, 0.4) is 0 Å². The number of hydrogen-bond acceptors (Lipinski definition) is 4. The van der Waals surface area contributed by atoms with Gasteiger partial charge in [0.25, 0.3) is 0 Å². The average molecular weight is 467 g/mol. The molecule has 5 rings (SSSR count). The van der Waals surface area contributed by atoms with E-state index in [-0.39, 0.29) is 5.56 Å². The largest absolute Gasteiger partial charge is 0.478 e. The van der Waals surface area contributed by atoms with Crippen molar-refractivity contribution in [2.45, 2.75) is 0 Å². The molecule has 3 aromatic rings. The van der Waals surface area contributed by atoms with Crippen molar-refractivity contribution in [1.29, 1.82) is 0 Å². The second kappa shape index (κ2) is 9.13. The molecule has 2 aliphatic heterocycles. The molecule has 0 aliphatic carbocycles. The predicted octanol–water partition coefficient (Wildman–Crippen LogP) is 5.97. The number of aromatic amines is 1. The number of H-pyrrole nitrogens is 1. The van der Waals surface area contributed by atoms with E-state index in [1.54, 1.807) is 36.8 Å². The summed E-state index contributed by atoms with van der Waals surface area (Å²) in [4.78, 5) is 14.6. The first-order valence-corrected chi connectivity index (χ1v) is 10.1. The maximum Gasteiger partial charge on any atom is 0.335 e. The third-order valence-electron chi connectivity index (χ3n) is 4.67. The fourth-order valence-corrected chi connectivity index (χ4v) is 3.59. The number of carboxylic acids is 1. The topological polar surface area (TPSA) is 104 Å². The third-order valence-corrected chi connectivity index (χ3v) is 5.14. The lowest BCUT2D eigenvalue weighted by atomic mass is 10.0. The molecule has 2 aromatic carbocycles. The van der Waals surface area contributed by atoms with Crippen molar-refractivity contribution in [3.63, 3.8) is 0 Å². The molecule has 0 saturated carbocycles. The number of benzene rings is 2. The molecule has 32 heavy (non-hydrogen) atoms. The van der Waals surface area contributed by atoms with Gasteiger partial charge in [-0.05, 0) is 48.0 Å². The standard InChI is InChI=1S/C16H11ClN4O.C7H5ClO2/c17-11-4-1-3-10(7-11)13-9-19-20-15(13)14-8-18-16-12(14)5-2-6-21(16)22;8-6-3-1-2-5(4-6)7(9)10/h1-9,22H,(H,19,20);1-4H,(H,9,10). The second-order valence-corrected chi connectivity index (χ2v) is 7.62. The molecule has 3 heterocycles. The summed E-state index contributed by atoms with van der Waals surface area (Å²) in [5, 5.41) is 26.5. The van der Waals surface area contributed by atoms with Crippen molar-refractivity contribution in [2.75, 3.05) is 0 Å². The van der Waals surface area contributed by atoms with Crippen LogP contribution in [0.25, 0.3) is 33.8 Å². The molecule has 0 spiro atoms. The molecule has 9 heteroatoms. The molecule has 1 aromatic heterocycles. The highest BCUT2D eigenvalue weighted by molar-refractivity contribution is 6.31. The summed E-state index contributed by atoms with van der Waals surface area (Å²) in [6.45, 7) is 0. The Balaban J connectivity index is 0.000000207. The van der Waals surface area contributed by atoms with Gasteiger partial charge in [0.1, 0.15) is 0 Å². The molecule has 0 bridgehead atoms. The van der Waals surface area contributed by atoms with Crippen LogP contribution in [0.1, 0.15) is 10.4 Å². The second-order valence-electron chi connectivity index (χ2n) is 6.75. The van der Waals surface area contributed by atoms with Gasteiger partial charge in [-0.1, -0.05) is 41.4 Å². The minimum absolute atomic E-state index is 0.215. The molecule has 0 atom stereocenters. The van der Waals surface area contributed by atoms with E-state index in [9.17, 15) is 10.0 Å². The summed E-state index contributed by atoms with van der Waals surface area (Å²) in [6.07, 6.45) is 5.03. The van der Waals surface area contributed by atoms with Crippen LogP contribution in [0, 0.1) is 0 Å². The molecule has 0 saturated heterocycles. The van der Waals surface area contributed by atoms with Gasteiger partial charge in [-0.25, -0.2) is 9.78 Å². The van der Waals surface area contributed by atoms with E-state index in [1.165, 1.54) is 12.1 Å². The Bertz CT molecular complexity index is 1360. The van der Waals surface area contributed by atoms with E-state index in [0.717, 1.165) is 32.7 Å². The highest BCUT2D eigenvalue weighted by atomic mass is 35.5. The highest BCUT2D eigenvalue weighted by Gasteiger charge is 2.19. The first kappa shape index (κ1) is 21.4. The van der Waals surface area contributed by atoms with Gasteiger partial charge in [0.05, 0.1) is 17.5 Å². The zero-order chi connectivity index (χ0) is 22.7. The van der Waals surface area contributed by atoms with Crippen molar-refractivity contribution in [3.8, 4) is 33.8 Å². The Morgan fingerprint density at radius 3 is 2.34 bits per heavy atom. The van der Waals surface area contributed by atoms with Gasteiger partial charge in [0, 0.05) is 39.1 Å². The first-order chi connectivity index (χ1) is 15.4. The summed E-state index contributed by atoms with van der Waals surface area (Å²) in [5.74, 6) is -0.452. The number of fused-ring (bicyclic) bond motifs is 1. The number of carbonyl (C=O) groups is 1. The number of hydrogen-bond donors (Lipinski definition) is 3. The number of nitrogens with zero attached hydrogens (tertiary/aromatic N) is 3. The summed E-state index contributed by atoms with van der Waals surface area (Å²) in [7, 11) is 0. The summed E-state index contributed by atoms with van der Waals surface area (Å²) >= 11 is 11.6. The highest BCUT2D eigenvalue weighted by Crippen LogP contribution is 2.37. The van der Waals surface area contributed by atoms with Crippen molar-refractivity contribution in [1.82, 2.24) is 19.9 Å². The van der Waals surface area contributed by atoms with Crippen molar-refractivity contribution >= 4 is 29.2 Å². The Labute approximate surface area is 192 Å². The molecule has 3 N–H and O–H groups in total. The van der Waals surface area contributed by atoms with Gasteiger partial charge in [-0.3, -0.25) is 5.10 Å². The molecular weight excluding hydrogens is 451 g/mol. The Kier molecular flexibility index (Phi) is 6.11. The van der Waals surface area contributed by atoms with Gasteiger partial charge in [0.15, 0.2) is 5.82 Å². The minimum atomic E-state index is -0.956. The minimum Gasteiger partial charge on any atom is -0.478 e. The van der Waals surface area contributed by atoms with Crippen LogP contribution in [-0.2, 0) is 0 Å². The maximum atomic E-state index is 10.3. The molecule has 0 amide bonds. The summed E-state index contributed by atoms with van der Waals surface area (Å²) in [5.41, 5.74) is 4.69. The average Bonchev–Trinajstić information content (AvgIpc) is 3.42. The number of aromatic carboxylic acids is 1. The fourth-order valence-electron chi connectivity index (χ4n) is 3.21. The summed E-state index contributed by atoms with van der Waals surface area (Å²) in [6, 6.07) is 17.4. The van der Waals surface area contributed by atoms with Crippen molar-refractivity contribution in [2.24, 2.45) is 0 Å². The number of aromatic nitrogens is 4. The molecule has 0 radical (unpaired) electrons. The van der Waals surface area contributed by atoms with Crippen LogP contribution in [0.5, 0.6) is 0 Å². The van der Waals surface area contributed by atoms with E-state index in [0.29, 0.717) is 15.9 Å². The van der Waals surface area contributed by atoms with E-state index >= 15 is 0 Å². The van der Waals surface area contributed by atoms with Crippen LogP contribution in [0.15, 0.2) is 79.3 Å². The molecule has 7 nitrogen and oxygen atoms in total. The zero-order valence-electron chi connectivity index (χ0n) is 16.4. The maximum absolute atomic E-state index is 10.3. The Morgan fingerprint density at radius 1 is 0.906 bits per heavy atom. The first-order valence-electron chi connectivity index (χ1n) is 9.38. The monoisotopic (exact) mass is 466 g/mol. The van der Waals surface area contributed by atoms with Crippen LogP contribution < -0.4 is 0 Å². The molecule has 160 valence electrons. The number of rotatable bonds is 3. The predicted molar refractivity (Wildman–Crippen MR) is 122 cm³/mol. The normalized spacial score (nSPS) is 10.6. The van der Waals surface area contributed by atoms with E-state index in [1.807, 2.05) is 30.3 Å². The number of pyridine rings is 1. The number of carboxylic acid groups (broad SMARTS) is 1. The van der Waals surface area contributed by atoms with Crippen molar-refractivity contribution in [3.05, 3.63) is 94.9 Å². The van der Waals surface area contributed by atoms with Gasteiger partial charge >= 0.3 is 5.97 Å². The number of nitrogens with one attached hydrogen (secondary N) is 1. The molecule has 0 unspecified atom stereocenters. The molecule has 0 fully saturated rings. The van der Waals surface area contributed by atoms with Crippen LogP contribution in [-0.4, -0.2) is 36.2 Å². The lowest BCUT2D eigenvalue weighted by Crippen LogP contribution is -1.97. The number of halogens is 2. The SMILES string of the molecule is O=C(O)c1cccc(Cl)c1.On1cccc2c(-c3[nH]ncc3-c3cccc(Cl)c3)cnc1-2. The Morgan fingerprint density at radius 2 is 1.66 bits per heavy atom. The van der Waals surface area contributed by atoms with Crippen LogP contribution in [0.2, 0.25) is 10.0 Å². The van der Waals surface area contributed by atoms with Crippen LogP contribution >= 0.6 is 23.2 Å². The van der Waals surface area contributed by atoms with E-state index < -0.39 is 5.97 Å². The van der Waals surface area contributed by atoms with Gasteiger partial charge < -0.3 is 10.3 Å². The van der Waals surface area contributed by atoms with Gasteiger partial charge in [0.2, 0.25) is 0 Å². The van der Waals surface area contributed by atoms with E-state index in [4.69, 9.17) is 28.3 Å². The smallest absolute Gasteiger partial charge is 0.335 e. The van der Waals surface area contributed by atoms with Gasteiger partial charge in [-0.15, -0.1) is 0 Å². The summed E-state index contributed by atoms with van der Waals surface area (Å²) < 4.78 is 1.01. The lowest BCUT2D eigenvalue weighted by Gasteiger charge is -2.06. The Hall–Kier alpha value is -3.81. The van der Waals surface area contributed by atoms with Crippen LogP contribution in [0.4, 0.5) is 0 Å². The van der Waals surface area contributed by atoms with Gasteiger partial charge in [-0.2, -0.15) is 9.83 Å². The van der Waals surface area contributed by atoms with Crippen molar-refractivity contribution < 1.29 is 15.1 Å². The lowest BCUT2D eigenvalue weighted by molar-refractivity contribution is 0.0697. The third kappa shape index (κ3) is 4.44. The zero-order valence-corrected chi connectivity index (χ0v) is 17.9. The fraction of sp³-hybridized carbons (Fsp3) is 0. The quantitative estimate of drug-likeness (QED) is 0.284. The van der Waals surface area contributed by atoms with E-state index in [2.05, 4.69) is 15.2 Å². The molecular formula is C23H16Cl2N4O3. The molecule has 2 aliphatic rings.